The van der Waals surface area contributed by atoms with Gasteiger partial charge < -0.3 is 10.6 Å². The van der Waals surface area contributed by atoms with Crippen LogP contribution >= 0.6 is 0 Å². The molecule has 1 aromatic rings. The highest BCUT2D eigenvalue weighted by atomic mass is 16.2. The zero-order valence-electron chi connectivity index (χ0n) is 8.52. The van der Waals surface area contributed by atoms with Gasteiger partial charge in [-0.25, -0.2) is 0 Å². The van der Waals surface area contributed by atoms with Crippen LogP contribution in [0.15, 0.2) is 24.3 Å². The summed E-state index contributed by atoms with van der Waals surface area (Å²) in [5, 5.41) is 0. The molecule has 0 aromatic heterocycles. The van der Waals surface area contributed by atoms with Gasteiger partial charge in [0, 0.05) is 12.2 Å². The third-order valence-corrected chi connectivity index (χ3v) is 2.68. The van der Waals surface area contributed by atoms with Gasteiger partial charge in [0.05, 0.1) is 6.04 Å². The van der Waals surface area contributed by atoms with Crippen LogP contribution in [0.3, 0.4) is 0 Å². The van der Waals surface area contributed by atoms with Crippen LogP contribution in [0.1, 0.15) is 12.8 Å². The number of piperidine rings is 1. The fraction of sp³-hybridized carbons (Fsp3) is 0.364. The number of hydrogen-bond acceptors (Lipinski definition) is 2. The monoisotopic (exact) mass is 200 g/mol. The summed E-state index contributed by atoms with van der Waals surface area (Å²) in [5.74, 6) is 0.00558. The zero-order valence-corrected chi connectivity index (χ0v) is 8.52. The molecule has 2 rings (SSSR count). The number of hydrogen-bond donors (Lipinski definition) is 1. The third kappa shape index (κ3) is 2.05. The number of amides is 1. The molecule has 1 heterocycles. The van der Waals surface area contributed by atoms with Crippen molar-refractivity contribution in [2.24, 2.45) is 5.73 Å². The molecule has 2 N–H and O–H groups in total. The maximum Gasteiger partial charge on any atom is 0.243 e. The largest absolute Gasteiger partial charge is 0.320 e. The van der Waals surface area contributed by atoms with Gasteiger partial charge in [0.1, 0.15) is 7.85 Å². The van der Waals surface area contributed by atoms with Gasteiger partial charge in [-0.2, -0.15) is 0 Å². The van der Waals surface area contributed by atoms with Crippen LogP contribution in [0.2, 0.25) is 0 Å². The first-order valence-electron chi connectivity index (χ1n) is 5.11. The van der Waals surface area contributed by atoms with E-state index in [1.165, 1.54) is 0 Å². The highest BCUT2D eigenvalue weighted by molar-refractivity contribution is 6.32. The van der Waals surface area contributed by atoms with E-state index >= 15 is 0 Å². The van der Waals surface area contributed by atoms with Crippen molar-refractivity contribution < 1.29 is 4.79 Å². The molecule has 1 fully saturated rings. The van der Waals surface area contributed by atoms with Crippen LogP contribution in [0.4, 0.5) is 5.69 Å². The lowest BCUT2D eigenvalue weighted by Crippen LogP contribution is -2.48. The quantitative estimate of drug-likeness (QED) is 0.645. The molecule has 1 aliphatic heterocycles. The average Bonchev–Trinajstić information content (AvgIpc) is 2.24. The van der Waals surface area contributed by atoms with Crippen molar-refractivity contribution in [3.05, 3.63) is 24.3 Å². The van der Waals surface area contributed by atoms with Crippen molar-refractivity contribution in [1.29, 1.82) is 0 Å². The van der Waals surface area contributed by atoms with Crippen LogP contribution in [0.5, 0.6) is 0 Å². The molecule has 1 aliphatic rings. The Morgan fingerprint density at radius 1 is 1.33 bits per heavy atom. The van der Waals surface area contributed by atoms with E-state index in [1.807, 2.05) is 12.1 Å². The minimum absolute atomic E-state index is 0.00558. The Hall–Kier alpha value is -1.29. The van der Waals surface area contributed by atoms with E-state index in [2.05, 4.69) is 0 Å². The van der Waals surface area contributed by atoms with Crippen molar-refractivity contribution in [2.75, 3.05) is 11.4 Å². The lowest BCUT2D eigenvalue weighted by molar-refractivity contribution is -0.120. The van der Waals surface area contributed by atoms with Crippen molar-refractivity contribution in [2.45, 2.75) is 18.9 Å². The normalized spacial score (nSPS) is 21.8. The van der Waals surface area contributed by atoms with E-state index in [0.29, 0.717) is 5.46 Å². The second kappa shape index (κ2) is 4.07. The van der Waals surface area contributed by atoms with Crippen molar-refractivity contribution in [1.82, 2.24) is 0 Å². The fourth-order valence-corrected chi connectivity index (χ4v) is 1.81. The number of anilines is 1. The van der Waals surface area contributed by atoms with Crippen LogP contribution in [0, 0.1) is 0 Å². The molecule has 0 bridgehead atoms. The molecule has 1 saturated heterocycles. The third-order valence-electron chi connectivity index (χ3n) is 2.68. The molecule has 3 nitrogen and oxygen atoms in total. The molecule has 4 heteroatoms. The topological polar surface area (TPSA) is 46.3 Å². The van der Waals surface area contributed by atoms with Gasteiger partial charge in [-0.05, 0) is 25.0 Å². The van der Waals surface area contributed by atoms with Gasteiger partial charge in [0.2, 0.25) is 5.91 Å². The van der Waals surface area contributed by atoms with Gasteiger partial charge >= 0.3 is 0 Å². The van der Waals surface area contributed by atoms with Gasteiger partial charge in [-0.15, -0.1) is 0 Å². The first-order chi connectivity index (χ1) is 7.18. The Balaban J connectivity index is 2.22. The Morgan fingerprint density at radius 2 is 2.00 bits per heavy atom. The van der Waals surface area contributed by atoms with Gasteiger partial charge in [0.25, 0.3) is 0 Å². The second-order valence-corrected chi connectivity index (χ2v) is 3.83. The first-order valence-corrected chi connectivity index (χ1v) is 5.11. The van der Waals surface area contributed by atoms with E-state index in [1.54, 1.807) is 17.0 Å². The molecule has 1 unspecified atom stereocenters. The molecular weight excluding hydrogens is 187 g/mol. The number of carbonyl (C=O) groups excluding carboxylic acids is 1. The van der Waals surface area contributed by atoms with Gasteiger partial charge in [-0.1, -0.05) is 17.6 Å². The molecule has 1 amide bonds. The number of nitrogens with zero attached hydrogens (tertiary/aromatic N) is 1. The molecule has 0 saturated carbocycles. The Bertz CT molecular complexity index is 363. The maximum absolute atomic E-state index is 11.8. The predicted octanol–water partition coefficient (Wildman–Crippen LogP) is -0.0655. The van der Waals surface area contributed by atoms with E-state index in [4.69, 9.17) is 13.6 Å². The van der Waals surface area contributed by atoms with Crippen LogP contribution in [-0.4, -0.2) is 26.3 Å². The Labute approximate surface area is 90.7 Å². The number of carbonyl (C=O) groups is 1. The lowest BCUT2D eigenvalue weighted by atomic mass is 9.96. The summed E-state index contributed by atoms with van der Waals surface area (Å²) in [4.78, 5) is 13.5. The Morgan fingerprint density at radius 3 is 2.67 bits per heavy atom. The first kappa shape index (κ1) is 10.2. The zero-order chi connectivity index (χ0) is 10.8. The summed E-state index contributed by atoms with van der Waals surface area (Å²) >= 11 is 0. The highest BCUT2D eigenvalue weighted by Gasteiger charge is 2.26. The van der Waals surface area contributed by atoms with Gasteiger partial charge in [0.15, 0.2) is 0 Å². The Kier molecular flexibility index (Phi) is 2.78. The molecule has 1 atom stereocenters. The van der Waals surface area contributed by atoms with E-state index < -0.39 is 0 Å². The van der Waals surface area contributed by atoms with E-state index in [9.17, 15) is 4.79 Å². The molecule has 76 valence electrons. The minimum atomic E-state index is -0.351. The van der Waals surface area contributed by atoms with Crippen molar-refractivity contribution in [3.8, 4) is 0 Å². The van der Waals surface area contributed by atoms with Crippen LogP contribution < -0.4 is 16.1 Å². The molecular formula is C11H13BN2O. The summed E-state index contributed by atoms with van der Waals surface area (Å²) in [5.41, 5.74) is 7.30. The lowest BCUT2D eigenvalue weighted by Gasteiger charge is -2.30. The summed E-state index contributed by atoms with van der Waals surface area (Å²) < 4.78 is 0. The number of benzene rings is 1. The predicted molar refractivity (Wildman–Crippen MR) is 61.4 cm³/mol. The average molecular weight is 200 g/mol. The van der Waals surface area contributed by atoms with Crippen LogP contribution in [0.25, 0.3) is 0 Å². The summed E-state index contributed by atoms with van der Waals surface area (Å²) in [7, 11) is 5.59. The molecule has 1 aromatic carbocycles. The smallest absolute Gasteiger partial charge is 0.243 e. The number of nitrogens with two attached hydrogens (primary N) is 1. The molecule has 0 aliphatic carbocycles. The summed E-state index contributed by atoms with van der Waals surface area (Å²) in [6.07, 6.45) is 1.74. The fourth-order valence-electron chi connectivity index (χ4n) is 1.81. The standard InChI is InChI=1S/C11H13BN2O/c12-8-3-5-9(6-4-8)14-7-1-2-10(13)11(14)15/h3-6,10H,1-2,7,13H2. The maximum atomic E-state index is 11.8. The molecule has 15 heavy (non-hydrogen) atoms. The van der Waals surface area contributed by atoms with E-state index in [-0.39, 0.29) is 11.9 Å². The van der Waals surface area contributed by atoms with Crippen molar-refractivity contribution >= 4 is 24.9 Å². The summed E-state index contributed by atoms with van der Waals surface area (Å²) in [6, 6.07) is 6.94. The second-order valence-electron chi connectivity index (χ2n) is 3.83. The molecule has 0 spiro atoms. The number of rotatable bonds is 1. The van der Waals surface area contributed by atoms with Crippen molar-refractivity contribution in [3.63, 3.8) is 0 Å². The minimum Gasteiger partial charge on any atom is -0.320 e. The SMILES string of the molecule is [B]c1ccc(N2CCCC(N)C2=O)cc1. The molecule has 2 radical (unpaired) electrons. The van der Waals surface area contributed by atoms with Gasteiger partial charge in [-0.3, -0.25) is 4.79 Å². The van der Waals surface area contributed by atoms with Crippen LogP contribution in [-0.2, 0) is 4.79 Å². The summed E-state index contributed by atoms with van der Waals surface area (Å²) in [6.45, 7) is 0.746. The highest BCUT2D eigenvalue weighted by Crippen LogP contribution is 2.19. The van der Waals surface area contributed by atoms with E-state index in [0.717, 1.165) is 25.1 Å².